The smallest absolute Gasteiger partial charge is 0.227 e. The van der Waals surface area contributed by atoms with E-state index < -0.39 is 0 Å². The number of hydrogen-bond donors (Lipinski definition) is 0. The van der Waals surface area contributed by atoms with Gasteiger partial charge in [0.2, 0.25) is 5.91 Å². The molecule has 1 aromatic carbocycles. The molecule has 0 saturated carbocycles. The quantitative estimate of drug-likeness (QED) is 0.872. The van der Waals surface area contributed by atoms with E-state index in [1.54, 1.807) is 23.3 Å². The molecular weight excluding hydrogens is 298 g/mol. The van der Waals surface area contributed by atoms with Crippen LogP contribution in [0.2, 0.25) is 0 Å². The Hall–Kier alpha value is -1.82. The molecule has 1 amide bonds. The lowest BCUT2D eigenvalue weighted by molar-refractivity contribution is -0.132. The van der Waals surface area contributed by atoms with Crippen LogP contribution in [0.4, 0.5) is 5.13 Å². The van der Waals surface area contributed by atoms with Crippen molar-refractivity contribution < 1.29 is 9.53 Å². The first-order valence-electron chi connectivity index (χ1n) is 7.41. The van der Waals surface area contributed by atoms with Crippen molar-refractivity contribution in [3.63, 3.8) is 0 Å². The highest BCUT2D eigenvalue weighted by atomic mass is 32.1. The molecule has 1 fully saturated rings. The van der Waals surface area contributed by atoms with Gasteiger partial charge in [0, 0.05) is 27.2 Å². The highest BCUT2D eigenvalue weighted by molar-refractivity contribution is 7.22. The van der Waals surface area contributed by atoms with Crippen LogP contribution in [0, 0.1) is 12.8 Å². The zero-order valence-electron chi connectivity index (χ0n) is 13.4. The number of aryl methyl sites for hydroxylation is 1. The molecule has 1 unspecified atom stereocenters. The predicted octanol–water partition coefficient (Wildman–Crippen LogP) is 2.53. The average molecular weight is 319 g/mol. The Balaban J connectivity index is 1.89. The molecule has 3 rings (SSSR count). The Morgan fingerprint density at radius 3 is 2.91 bits per heavy atom. The Morgan fingerprint density at radius 2 is 2.23 bits per heavy atom. The number of amides is 1. The molecule has 0 radical (unpaired) electrons. The Morgan fingerprint density at radius 1 is 1.45 bits per heavy atom. The van der Waals surface area contributed by atoms with E-state index in [1.807, 2.05) is 20.2 Å². The predicted molar refractivity (Wildman–Crippen MR) is 89.9 cm³/mol. The maximum Gasteiger partial charge on any atom is 0.227 e. The number of carbonyl (C=O) groups is 1. The normalized spacial score (nSPS) is 18.0. The molecule has 0 spiro atoms. The van der Waals surface area contributed by atoms with Gasteiger partial charge in [0.15, 0.2) is 5.13 Å². The zero-order chi connectivity index (χ0) is 15.9. The van der Waals surface area contributed by atoms with E-state index in [-0.39, 0.29) is 11.8 Å². The largest absolute Gasteiger partial charge is 0.494 e. The fraction of sp³-hybridized carbons (Fsp3) is 0.500. The maximum absolute atomic E-state index is 12.1. The summed E-state index contributed by atoms with van der Waals surface area (Å²) >= 11 is 1.68. The molecule has 0 aliphatic carbocycles. The minimum atomic E-state index is 0.0741. The van der Waals surface area contributed by atoms with Crippen molar-refractivity contribution >= 4 is 32.6 Å². The average Bonchev–Trinajstić information content (AvgIpc) is 3.13. The van der Waals surface area contributed by atoms with Crippen molar-refractivity contribution in [3.8, 4) is 5.75 Å². The highest BCUT2D eigenvalue weighted by Gasteiger charge is 2.31. The van der Waals surface area contributed by atoms with Gasteiger partial charge in [-0.05, 0) is 25.0 Å². The number of carbonyl (C=O) groups excluding carboxylic acids is 1. The van der Waals surface area contributed by atoms with Gasteiger partial charge in [0.1, 0.15) is 11.3 Å². The molecular formula is C16H21N3O2S. The maximum atomic E-state index is 12.1. The summed E-state index contributed by atoms with van der Waals surface area (Å²) in [5, 5.41) is 0.983. The van der Waals surface area contributed by atoms with E-state index in [9.17, 15) is 4.79 Å². The van der Waals surface area contributed by atoms with Crippen molar-refractivity contribution in [2.24, 2.45) is 5.92 Å². The lowest BCUT2D eigenvalue weighted by Crippen LogP contribution is -2.31. The molecule has 6 heteroatoms. The SMILES string of the molecule is COc1ccc(C)c2sc(N3CCC(C(=O)N(C)C)C3)nc12. The van der Waals surface area contributed by atoms with E-state index in [4.69, 9.17) is 9.72 Å². The van der Waals surface area contributed by atoms with E-state index in [0.29, 0.717) is 0 Å². The molecule has 1 saturated heterocycles. The van der Waals surface area contributed by atoms with Crippen LogP contribution >= 0.6 is 11.3 Å². The highest BCUT2D eigenvalue weighted by Crippen LogP contribution is 2.37. The summed E-state index contributed by atoms with van der Waals surface area (Å²) in [7, 11) is 5.30. The first kappa shape index (κ1) is 15.1. The zero-order valence-corrected chi connectivity index (χ0v) is 14.2. The molecule has 0 N–H and O–H groups in total. The van der Waals surface area contributed by atoms with Crippen LogP contribution in [-0.2, 0) is 4.79 Å². The Bertz CT molecular complexity index is 711. The minimum Gasteiger partial charge on any atom is -0.494 e. The monoisotopic (exact) mass is 319 g/mol. The fourth-order valence-corrected chi connectivity index (χ4v) is 3.99. The molecule has 1 aromatic heterocycles. The number of hydrogen-bond acceptors (Lipinski definition) is 5. The van der Waals surface area contributed by atoms with Gasteiger partial charge in [-0.3, -0.25) is 4.79 Å². The standard InChI is InChI=1S/C16H21N3O2S/c1-10-5-6-12(21-4)13-14(10)22-16(17-13)19-8-7-11(9-19)15(20)18(2)3/h5-6,11H,7-9H2,1-4H3. The second-order valence-corrected chi connectivity index (χ2v) is 6.90. The van der Waals surface area contributed by atoms with Gasteiger partial charge in [0.25, 0.3) is 0 Å². The third kappa shape index (κ3) is 2.52. The van der Waals surface area contributed by atoms with Crippen LogP contribution in [0.25, 0.3) is 10.2 Å². The van der Waals surface area contributed by atoms with E-state index >= 15 is 0 Å². The number of rotatable bonds is 3. The van der Waals surface area contributed by atoms with Crippen LogP contribution < -0.4 is 9.64 Å². The van der Waals surface area contributed by atoms with Gasteiger partial charge in [-0.2, -0.15) is 0 Å². The summed E-state index contributed by atoms with van der Waals surface area (Å²) in [5.74, 6) is 1.09. The first-order chi connectivity index (χ1) is 10.5. The molecule has 2 aromatic rings. The van der Waals surface area contributed by atoms with E-state index in [0.717, 1.165) is 40.6 Å². The molecule has 22 heavy (non-hydrogen) atoms. The third-order valence-corrected chi connectivity index (χ3v) is 5.41. The molecule has 1 atom stereocenters. The lowest BCUT2D eigenvalue weighted by atomic mass is 10.1. The number of thiazole rings is 1. The second kappa shape index (κ2) is 5.76. The van der Waals surface area contributed by atoms with Crippen molar-refractivity contribution in [3.05, 3.63) is 17.7 Å². The number of ether oxygens (including phenoxy) is 1. The van der Waals surface area contributed by atoms with Gasteiger partial charge in [-0.1, -0.05) is 17.4 Å². The summed E-state index contributed by atoms with van der Waals surface area (Å²) < 4.78 is 6.58. The number of methoxy groups -OCH3 is 1. The van der Waals surface area contributed by atoms with E-state index in [1.165, 1.54) is 5.56 Å². The van der Waals surface area contributed by atoms with Crippen LogP contribution in [0.5, 0.6) is 5.75 Å². The summed E-state index contributed by atoms with van der Waals surface area (Å²) in [5.41, 5.74) is 2.13. The molecule has 0 bridgehead atoms. The second-order valence-electron chi connectivity index (χ2n) is 5.92. The van der Waals surface area contributed by atoms with E-state index in [2.05, 4.69) is 17.9 Å². The Kier molecular flexibility index (Phi) is 3.95. The molecule has 1 aliphatic rings. The first-order valence-corrected chi connectivity index (χ1v) is 8.23. The molecule has 118 valence electrons. The van der Waals surface area contributed by atoms with Crippen molar-refractivity contribution in [2.45, 2.75) is 13.3 Å². The molecule has 1 aliphatic heterocycles. The number of benzene rings is 1. The van der Waals surface area contributed by atoms with Crippen LogP contribution in [0.3, 0.4) is 0 Å². The van der Waals surface area contributed by atoms with Crippen LogP contribution in [0.15, 0.2) is 12.1 Å². The topological polar surface area (TPSA) is 45.7 Å². The van der Waals surface area contributed by atoms with Crippen molar-refractivity contribution in [2.75, 3.05) is 39.2 Å². The van der Waals surface area contributed by atoms with Gasteiger partial charge < -0.3 is 14.5 Å². The van der Waals surface area contributed by atoms with Crippen molar-refractivity contribution in [1.82, 2.24) is 9.88 Å². The molecule has 2 heterocycles. The van der Waals surface area contributed by atoms with Gasteiger partial charge in [-0.25, -0.2) is 4.98 Å². The Labute approximate surface area is 134 Å². The number of fused-ring (bicyclic) bond motifs is 1. The van der Waals surface area contributed by atoms with Gasteiger partial charge >= 0.3 is 0 Å². The van der Waals surface area contributed by atoms with Crippen LogP contribution in [-0.4, -0.2) is 50.1 Å². The summed E-state index contributed by atoms with van der Waals surface area (Å²) in [6, 6.07) is 4.02. The number of aromatic nitrogens is 1. The van der Waals surface area contributed by atoms with Gasteiger partial charge in [0.05, 0.1) is 17.7 Å². The lowest BCUT2D eigenvalue weighted by Gasteiger charge is -2.17. The third-order valence-electron chi connectivity index (χ3n) is 4.16. The number of nitrogens with zero attached hydrogens (tertiary/aromatic N) is 3. The van der Waals surface area contributed by atoms with Gasteiger partial charge in [-0.15, -0.1) is 0 Å². The summed E-state index contributed by atoms with van der Waals surface area (Å²) in [6.07, 6.45) is 0.892. The van der Waals surface area contributed by atoms with Crippen LogP contribution in [0.1, 0.15) is 12.0 Å². The number of anilines is 1. The summed E-state index contributed by atoms with van der Waals surface area (Å²) in [6.45, 7) is 3.72. The summed E-state index contributed by atoms with van der Waals surface area (Å²) in [4.78, 5) is 20.8. The fourth-order valence-electron chi connectivity index (χ4n) is 2.90. The van der Waals surface area contributed by atoms with Crippen molar-refractivity contribution in [1.29, 1.82) is 0 Å². The minimum absolute atomic E-state index is 0.0741. The molecule has 5 nitrogen and oxygen atoms in total.